The predicted molar refractivity (Wildman–Crippen MR) is 57.6 cm³/mol. The van der Waals surface area contributed by atoms with Gasteiger partial charge in [-0.3, -0.25) is 4.79 Å². The molecule has 0 aliphatic heterocycles. The van der Waals surface area contributed by atoms with Crippen LogP contribution in [0.2, 0.25) is 0 Å². The average Bonchev–Trinajstić information content (AvgIpc) is 2.55. The first-order valence-electron chi connectivity index (χ1n) is 4.93. The van der Waals surface area contributed by atoms with Gasteiger partial charge in [0.05, 0.1) is 5.69 Å². The van der Waals surface area contributed by atoms with Crippen molar-refractivity contribution in [1.29, 1.82) is 0 Å². The van der Waals surface area contributed by atoms with Crippen molar-refractivity contribution in [3.63, 3.8) is 0 Å². The molecule has 0 unspecified atom stereocenters. The zero-order valence-electron chi connectivity index (χ0n) is 8.75. The SMILES string of the molecule is CCn1c(C(C)=O)cc2cc(F)ccc21. The van der Waals surface area contributed by atoms with E-state index in [1.54, 1.807) is 12.1 Å². The van der Waals surface area contributed by atoms with Crippen molar-refractivity contribution < 1.29 is 9.18 Å². The molecule has 0 saturated carbocycles. The summed E-state index contributed by atoms with van der Waals surface area (Å²) in [6.07, 6.45) is 0. The molecular formula is C12H12FNO. The fraction of sp³-hybridized carbons (Fsp3) is 0.250. The van der Waals surface area contributed by atoms with E-state index in [4.69, 9.17) is 0 Å². The van der Waals surface area contributed by atoms with E-state index in [0.717, 1.165) is 10.9 Å². The minimum atomic E-state index is -0.272. The number of carbonyl (C=O) groups excluding carboxylic acids is 1. The number of aryl methyl sites for hydroxylation is 1. The number of aromatic nitrogens is 1. The molecule has 1 aromatic carbocycles. The maximum Gasteiger partial charge on any atom is 0.176 e. The summed E-state index contributed by atoms with van der Waals surface area (Å²) in [6.45, 7) is 4.20. The number of hydrogen-bond donors (Lipinski definition) is 0. The molecule has 0 aliphatic carbocycles. The molecule has 1 aromatic heterocycles. The van der Waals surface area contributed by atoms with Crippen molar-refractivity contribution in [3.05, 3.63) is 35.8 Å². The maximum absolute atomic E-state index is 13.0. The van der Waals surface area contributed by atoms with Crippen molar-refractivity contribution in [1.82, 2.24) is 4.57 Å². The monoisotopic (exact) mass is 205 g/mol. The largest absolute Gasteiger partial charge is 0.338 e. The Morgan fingerprint density at radius 1 is 1.40 bits per heavy atom. The van der Waals surface area contributed by atoms with Crippen LogP contribution in [0.4, 0.5) is 4.39 Å². The van der Waals surface area contributed by atoms with Gasteiger partial charge in [0.25, 0.3) is 0 Å². The van der Waals surface area contributed by atoms with E-state index in [1.807, 2.05) is 11.5 Å². The van der Waals surface area contributed by atoms with Gasteiger partial charge < -0.3 is 4.57 Å². The Kier molecular flexibility index (Phi) is 2.31. The molecule has 1 heterocycles. The van der Waals surface area contributed by atoms with Gasteiger partial charge in [0.2, 0.25) is 0 Å². The fourth-order valence-electron chi connectivity index (χ4n) is 1.87. The van der Waals surface area contributed by atoms with Crippen LogP contribution >= 0.6 is 0 Å². The van der Waals surface area contributed by atoms with Crippen LogP contribution in [-0.4, -0.2) is 10.4 Å². The highest BCUT2D eigenvalue weighted by molar-refractivity contribution is 5.98. The lowest BCUT2D eigenvalue weighted by molar-refractivity contribution is 0.100. The Morgan fingerprint density at radius 2 is 2.13 bits per heavy atom. The fourth-order valence-corrected chi connectivity index (χ4v) is 1.87. The summed E-state index contributed by atoms with van der Waals surface area (Å²) in [5.74, 6) is -0.265. The number of hydrogen-bond acceptors (Lipinski definition) is 1. The number of nitrogens with zero attached hydrogens (tertiary/aromatic N) is 1. The Labute approximate surface area is 87.3 Å². The standard InChI is InChI=1S/C12H12FNO/c1-3-14-11-5-4-10(13)6-9(11)7-12(14)8(2)15/h4-7H,3H2,1-2H3. The maximum atomic E-state index is 13.0. The zero-order valence-corrected chi connectivity index (χ0v) is 8.75. The van der Waals surface area contributed by atoms with E-state index in [0.29, 0.717) is 12.2 Å². The minimum Gasteiger partial charge on any atom is -0.338 e. The highest BCUT2D eigenvalue weighted by atomic mass is 19.1. The molecule has 3 heteroatoms. The van der Waals surface area contributed by atoms with Crippen LogP contribution < -0.4 is 0 Å². The molecule has 2 aromatic rings. The van der Waals surface area contributed by atoms with E-state index in [9.17, 15) is 9.18 Å². The van der Waals surface area contributed by atoms with Gasteiger partial charge in [0.1, 0.15) is 5.82 Å². The Morgan fingerprint density at radius 3 is 2.73 bits per heavy atom. The summed E-state index contributed by atoms with van der Waals surface area (Å²) in [5, 5.41) is 0.780. The molecule has 78 valence electrons. The summed E-state index contributed by atoms with van der Waals surface area (Å²) in [5.41, 5.74) is 1.54. The molecule has 0 atom stereocenters. The molecule has 0 aliphatic rings. The lowest BCUT2D eigenvalue weighted by atomic mass is 10.2. The number of carbonyl (C=O) groups is 1. The molecule has 0 fully saturated rings. The topological polar surface area (TPSA) is 22.0 Å². The molecule has 0 saturated heterocycles. The Hall–Kier alpha value is -1.64. The van der Waals surface area contributed by atoms with Crippen molar-refractivity contribution in [2.24, 2.45) is 0 Å². The number of halogens is 1. The number of benzene rings is 1. The smallest absolute Gasteiger partial charge is 0.176 e. The second-order valence-corrected chi connectivity index (χ2v) is 3.53. The number of fused-ring (bicyclic) bond motifs is 1. The van der Waals surface area contributed by atoms with Gasteiger partial charge in [-0.25, -0.2) is 4.39 Å². The molecule has 2 nitrogen and oxygen atoms in total. The zero-order chi connectivity index (χ0) is 11.0. The van der Waals surface area contributed by atoms with Gasteiger partial charge >= 0.3 is 0 Å². The Balaban J connectivity index is 2.78. The molecule has 0 N–H and O–H groups in total. The summed E-state index contributed by atoms with van der Waals surface area (Å²) >= 11 is 0. The van der Waals surface area contributed by atoms with E-state index in [1.165, 1.54) is 19.1 Å². The summed E-state index contributed by atoms with van der Waals surface area (Å²) in [6, 6.07) is 6.32. The van der Waals surface area contributed by atoms with Crippen LogP contribution in [0.1, 0.15) is 24.3 Å². The van der Waals surface area contributed by atoms with Crippen molar-refractivity contribution in [2.45, 2.75) is 20.4 Å². The second-order valence-electron chi connectivity index (χ2n) is 3.53. The first-order chi connectivity index (χ1) is 7.13. The van der Waals surface area contributed by atoms with Gasteiger partial charge in [0, 0.05) is 24.4 Å². The van der Waals surface area contributed by atoms with E-state index < -0.39 is 0 Å². The second kappa shape index (κ2) is 3.50. The first-order valence-corrected chi connectivity index (χ1v) is 4.93. The molecule has 15 heavy (non-hydrogen) atoms. The van der Waals surface area contributed by atoms with Crippen molar-refractivity contribution in [2.75, 3.05) is 0 Å². The van der Waals surface area contributed by atoms with Gasteiger partial charge in [-0.05, 0) is 31.2 Å². The lowest BCUT2D eigenvalue weighted by Crippen LogP contribution is -2.04. The number of Topliss-reactive ketones (excluding diaryl/α,β-unsaturated/α-hetero) is 1. The van der Waals surface area contributed by atoms with Gasteiger partial charge in [-0.15, -0.1) is 0 Å². The summed E-state index contributed by atoms with van der Waals surface area (Å²) in [7, 11) is 0. The quantitative estimate of drug-likeness (QED) is 0.691. The third-order valence-electron chi connectivity index (χ3n) is 2.54. The van der Waals surface area contributed by atoms with Gasteiger partial charge in [-0.1, -0.05) is 0 Å². The van der Waals surface area contributed by atoms with Crippen molar-refractivity contribution >= 4 is 16.7 Å². The van der Waals surface area contributed by atoms with Crippen LogP contribution in [0.25, 0.3) is 10.9 Å². The van der Waals surface area contributed by atoms with Crippen LogP contribution in [-0.2, 0) is 6.54 Å². The lowest BCUT2D eigenvalue weighted by Gasteiger charge is -2.04. The third-order valence-corrected chi connectivity index (χ3v) is 2.54. The van der Waals surface area contributed by atoms with Gasteiger partial charge in [0.15, 0.2) is 5.78 Å². The highest BCUT2D eigenvalue weighted by Crippen LogP contribution is 2.21. The first kappa shape index (κ1) is 9.90. The third kappa shape index (κ3) is 1.54. The van der Waals surface area contributed by atoms with Crippen LogP contribution in [0.5, 0.6) is 0 Å². The van der Waals surface area contributed by atoms with Crippen molar-refractivity contribution in [3.8, 4) is 0 Å². The summed E-state index contributed by atoms with van der Waals surface area (Å²) < 4.78 is 14.9. The van der Waals surface area contributed by atoms with Crippen LogP contribution in [0.15, 0.2) is 24.3 Å². The molecule has 0 spiro atoms. The highest BCUT2D eigenvalue weighted by Gasteiger charge is 2.11. The molecular weight excluding hydrogens is 193 g/mol. The molecule has 2 rings (SSSR count). The van der Waals surface area contributed by atoms with E-state index in [-0.39, 0.29) is 11.6 Å². The number of ketones is 1. The van der Waals surface area contributed by atoms with E-state index in [2.05, 4.69) is 0 Å². The Bertz CT molecular complexity index is 528. The normalized spacial score (nSPS) is 10.9. The molecule has 0 amide bonds. The minimum absolute atomic E-state index is 0.00783. The van der Waals surface area contributed by atoms with Crippen LogP contribution in [0, 0.1) is 5.82 Å². The van der Waals surface area contributed by atoms with Crippen LogP contribution in [0.3, 0.4) is 0 Å². The predicted octanol–water partition coefficient (Wildman–Crippen LogP) is 3.00. The average molecular weight is 205 g/mol. The van der Waals surface area contributed by atoms with E-state index >= 15 is 0 Å². The van der Waals surface area contributed by atoms with Gasteiger partial charge in [-0.2, -0.15) is 0 Å². The summed E-state index contributed by atoms with van der Waals surface area (Å²) in [4.78, 5) is 11.4. The molecule has 0 radical (unpaired) electrons. The molecule has 0 bridgehead atoms. The number of rotatable bonds is 2.